The zero-order valence-electron chi connectivity index (χ0n) is 17.6. The van der Waals surface area contributed by atoms with Gasteiger partial charge in [-0.1, -0.05) is 0 Å². The molecule has 2 heterocycles. The van der Waals surface area contributed by atoms with Crippen LogP contribution in [0.4, 0.5) is 8.78 Å². The number of halogens is 2. The second-order valence-corrected chi connectivity index (χ2v) is 9.02. The number of phenolic OH excluding ortho intramolecular Hbond substituents is 1. The Bertz CT molecular complexity index is 1160. The number of alkyl halides is 1. The number of fused-ring (bicyclic) bond motifs is 1. The average Bonchev–Trinajstić information content (AvgIpc) is 3.08. The van der Waals surface area contributed by atoms with Crippen molar-refractivity contribution >= 4 is 16.9 Å². The molecule has 2 aliphatic rings. The lowest BCUT2D eigenvalue weighted by molar-refractivity contribution is -0.157. The van der Waals surface area contributed by atoms with E-state index in [0.717, 1.165) is 40.7 Å². The van der Waals surface area contributed by atoms with Crippen molar-refractivity contribution in [1.82, 2.24) is 4.57 Å². The van der Waals surface area contributed by atoms with Crippen LogP contribution in [0.25, 0.3) is 16.6 Å². The van der Waals surface area contributed by atoms with Gasteiger partial charge in [0.05, 0.1) is 10.9 Å². The molecule has 3 aromatic rings. The lowest BCUT2D eigenvalue weighted by Crippen LogP contribution is -2.44. The number of carbonyl (C=O) groups is 1. The number of carboxylic acids is 1. The maximum atomic E-state index is 13.7. The van der Waals surface area contributed by atoms with E-state index in [-0.39, 0.29) is 36.2 Å². The zero-order chi connectivity index (χ0) is 22.5. The Morgan fingerprint density at radius 3 is 2.41 bits per heavy atom. The van der Waals surface area contributed by atoms with Crippen molar-refractivity contribution < 1.29 is 28.5 Å². The van der Waals surface area contributed by atoms with Crippen molar-refractivity contribution in [3.05, 3.63) is 59.5 Å². The van der Waals surface area contributed by atoms with Crippen molar-refractivity contribution in [2.75, 3.05) is 19.9 Å². The van der Waals surface area contributed by atoms with Crippen LogP contribution < -0.4 is 0 Å². The molecule has 2 fully saturated rings. The van der Waals surface area contributed by atoms with Gasteiger partial charge in [0.1, 0.15) is 18.2 Å². The Labute approximate surface area is 184 Å². The Hall–Kier alpha value is -2.93. The van der Waals surface area contributed by atoms with Gasteiger partial charge in [0.2, 0.25) is 0 Å². The van der Waals surface area contributed by atoms with Crippen LogP contribution in [0.3, 0.4) is 0 Å². The Morgan fingerprint density at radius 2 is 1.78 bits per heavy atom. The van der Waals surface area contributed by atoms with E-state index >= 15 is 0 Å². The van der Waals surface area contributed by atoms with E-state index in [2.05, 4.69) is 4.57 Å². The van der Waals surface area contributed by atoms with Crippen molar-refractivity contribution in [1.29, 1.82) is 0 Å². The molecule has 0 unspecified atom stereocenters. The van der Waals surface area contributed by atoms with Crippen LogP contribution >= 0.6 is 0 Å². The molecule has 1 saturated heterocycles. The summed E-state index contributed by atoms with van der Waals surface area (Å²) in [6, 6.07) is 11.4. The summed E-state index contributed by atoms with van der Waals surface area (Å²) in [4.78, 5) is 11.7. The third-order valence-electron chi connectivity index (χ3n) is 7.11. The highest BCUT2D eigenvalue weighted by Gasteiger charge is 2.52. The van der Waals surface area contributed by atoms with E-state index in [0.29, 0.717) is 13.2 Å². The fraction of sp³-hybridized carbons (Fsp3) is 0.400. The number of aromatic nitrogens is 1. The van der Waals surface area contributed by atoms with E-state index in [1.54, 1.807) is 24.3 Å². The molecule has 1 aliphatic carbocycles. The van der Waals surface area contributed by atoms with Gasteiger partial charge in [0.15, 0.2) is 0 Å². The first-order valence-corrected chi connectivity index (χ1v) is 10.9. The summed E-state index contributed by atoms with van der Waals surface area (Å²) < 4.78 is 35.0. The minimum absolute atomic E-state index is 0.114. The highest BCUT2D eigenvalue weighted by Crippen LogP contribution is 2.56. The molecular formula is C25H25F2NO4. The van der Waals surface area contributed by atoms with E-state index in [1.165, 1.54) is 12.1 Å². The maximum absolute atomic E-state index is 13.7. The van der Waals surface area contributed by atoms with Crippen LogP contribution in [0.2, 0.25) is 0 Å². The number of phenols is 1. The molecule has 0 bridgehead atoms. The molecule has 5 nitrogen and oxygen atoms in total. The summed E-state index contributed by atoms with van der Waals surface area (Å²) >= 11 is 0. The molecule has 0 amide bonds. The second kappa shape index (κ2) is 7.89. The minimum Gasteiger partial charge on any atom is -0.508 e. The molecule has 0 spiro atoms. The molecule has 7 heteroatoms. The third-order valence-corrected chi connectivity index (χ3v) is 7.11. The first-order valence-electron chi connectivity index (χ1n) is 10.9. The summed E-state index contributed by atoms with van der Waals surface area (Å²) in [5.74, 6) is -1.30. The van der Waals surface area contributed by atoms with Gasteiger partial charge in [0.25, 0.3) is 0 Å². The van der Waals surface area contributed by atoms with Crippen LogP contribution in [-0.2, 0) is 9.53 Å². The maximum Gasteiger partial charge on any atom is 0.312 e. The topological polar surface area (TPSA) is 71.7 Å². The van der Waals surface area contributed by atoms with Gasteiger partial charge in [0, 0.05) is 35.9 Å². The van der Waals surface area contributed by atoms with Crippen LogP contribution in [0.15, 0.2) is 42.5 Å². The largest absolute Gasteiger partial charge is 0.508 e. The molecule has 2 aromatic carbocycles. The number of rotatable bonds is 5. The highest BCUT2D eigenvalue weighted by molar-refractivity contribution is 5.90. The molecule has 0 radical (unpaired) electrons. The molecule has 2 N–H and O–H groups in total. The van der Waals surface area contributed by atoms with Crippen molar-refractivity contribution in [3.63, 3.8) is 0 Å². The number of benzene rings is 2. The Morgan fingerprint density at radius 1 is 1.09 bits per heavy atom. The zero-order valence-corrected chi connectivity index (χ0v) is 17.6. The number of hydrogen-bond donors (Lipinski definition) is 2. The summed E-state index contributed by atoms with van der Waals surface area (Å²) in [6.45, 7) is 0.344. The van der Waals surface area contributed by atoms with Crippen LogP contribution in [0.1, 0.15) is 48.8 Å². The average molecular weight is 441 g/mol. The van der Waals surface area contributed by atoms with Gasteiger partial charge in [-0.2, -0.15) is 0 Å². The molecule has 168 valence electrons. The predicted octanol–water partition coefficient (Wildman–Crippen LogP) is 5.29. The Kier molecular flexibility index (Phi) is 5.16. The number of nitrogens with zero attached hydrogens (tertiary/aromatic N) is 1. The van der Waals surface area contributed by atoms with Crippen LogP contribution in [-0.4, -0.2) is 40.6 Å². The quantitative estimate of drug-likeness (QED) is 0.565. The van der Waals surface area contributed by atoms with Gasteiger partial charge >= 0.3 is 5.97 Å². The second-order valence-electron chi connectivity index (χ2n) is 9.02. The lowest BCUT2D eigenvalue weighted by atomic mass is 9.59. The minimum atomic E-state index is -1.35. The standard InChI is InChI=1S/C25H25F2NO4/c26-14-25(24(30)31)12-16(13-25)22-20-11-19(29)5-6-21(20)28(18-3-1-17(27)2-4-18)23(22)15-7-9-32-10-8-15/h1-6,11,15-16,29H,7-10,12-14H2,(H,30,31). The van der Waals surface area contributed by atoms with E-state index in [1.807, 2.05) is 6.07 Å². The number of hydrogen-bond acceptors (Lipinski definition) is 3. The molecular weight excluding hydrogens is 416 g/mol. The molecule has 32 heavy (non-hydrogen) atoms. The van der Waals surface area contributed by atoms with E-state index < -0.39 is 18.1 Å². The number of aromatic hydroxyl groups is 1. The van der Waals surface area contributed by atoms with Crippen LogP contribution in [0.5, 0.6) is 5.75 Å². The van der Waals surface area contributed by atoms with Crippen molar-refractivity contribution in [3.8, 4) is 11.4 Å². The third kappa shape index (κ3) is 3.26. The predicted molar refractivity (Wildman–Crippen MR) is 116 cm³/mol. The number of aliphatic carboxylic acids is 1. The normalized spacial score (nSPS) is 23.9. The molecule has 1 saturated carbocycles. The number of carboxylic acid groups (broad SMARTS) is 1. The van der Waals surface area contributed by atoms with Gasteiger partial charge in [-0.25, -0.2) is 8.78 Å². The number of ether oxygens (including phenoxy) is 1. The Balaban J connectivity index is 1.74. The highest BCUT2D eigenvalue weighted by atomic mass is 19.1. The summed E-state index contributed by atoms with van der Waals surface area (Å²) in [5, 5.41) is 20.7. The van der Waals surface area contributed by atoms with Gasteiger partial charge in [-0.3, -0.25) is 4.79 Å². The molecule has 1 aromatic heterocycles. The fourth-order valence-corrected chi connectivity index (χ4v) is 5.42. The molecule has 5 rings (SSSR count). The summed E-state index contributed by atoms with van der Waals surface area (Å²) in [5.41, 5.74) is 2.31. The van der Waals surface area contributed by atoms with Crippen molar-refractivity contribution in [2.24, 2.45) is 5.41 Å². The van der Waals surface area contributed by atoms with E-state index in [9.17, 15) is 23.8 Å². The first kappa shape index (κ1) is 20.9. The SMILES string of the molecule is O=C(O)C1(CF)CC(c2c(C3CCOCC3)n(-c3ccc(F)cc3)c3ccc(O)cc23)C1. The fourth-order valence-electron chi connectivity index (χ4n) is 5.42. The van der Waals surface area contributed by atoms with Gasteiger partial charge in [-0.05, 0) is 79.6 Å². The monoisotopic (exact) mass is 441 g/mol. The smallest absolute Gasteiger partial charge is 0.312 e. The van der Waals surface area contributed by atoms with E-state index in [4.69, 9.17) is 4.74 Å². The summed E-state index contributed by atoms with van der Waals surface area (Å²) in [7, 11) is 0. The first-order chi connectivity index (χ1) is 15.4. The van der Waals surface area contributed by atoms with Crippen molar-refractivity contribution in [2.45, 2.75) is 37.5 Å². The lowest BCUT2D eigenvalue weighted by Gasteiger charge is -2.43. The van der Waals surface area contributed by atoms with Gasteiger partial charge in [-0.15, -0.1) is 0 Å². The van der Waals surface area contributed by atoms with Gasteiger partial charge < -0.3 is 19.5 Å². The summed E-state index contributed by atoms with van der Waals surface area (Å²) in [6.07, 6.45) is 2.04. The van der Waals surface area contributed by atoms with Crippen LogP contribution in [0, 0.1) is 11.2 Å². The molecule has 0 atom stereocenters. The molecule has 1 aliphatic heterocycles.